The Kier molecular flexibility index (Phi) is 6.27. The van der Waals surface area contributed by atoms with Gasteiger partial charge in [-0.25, -0.2) is 9.18 Å². The van der Waals surface area contributed by atoms with Gasteiger partial charge in [-0.05, 0) is 39.3 Å². The molecule has 0 unspecified atom stereocenters. The third-order valence-electron chi connectivity index (χ3n) is 4.40. The van der Waals surface area contributed by atoms with Crippen LogP contribution in [0.4, 0.5) is 14.9 Å². The highest BCUT2D eigenvalue weighted by Gasteiger charge is 2.32. The number of hydrogen-bond donors (Lipinski definition) is 1. The maximum Gasteiger partial charge on any atom is 0.410 e. The van der Waals surface area contributed by atoms with Gasteiger partial charge in [-0.3, -0.25) is 4.90 Å². The second kappa shape index (κ2) is 8.04. The molecular formula is C19H30FN3O2. The van der Waals surface area contributed by atoms with E-state index in [0.29, 0.717) is 25.2 Å². The van der Waals surface area contributed by atoms with E-state index in [1.807, 2.05) is 37.8 Å². The van der Waals surface area contributed by atoms with Gasteiger partial charge in [0.1, 0.15) is 11.4 Å². The first kappa shape index (κ1) is 19.5. The molecule has 2 rings (SSSR count). The van der Waals surface area contributed by atoms with Crippen LogP contribution in [0.5, 0.6) is 0 Å². The molecule has 0 aromatic heterocycles. The molecule has 0 radical (unpaired) electrons. The number of piperazine rings is 1. The maximum absolute atomic E-state index is 14.2. The van der Waals surface area contributed by atoms with Crippen molar-refractivity contribution < 1.29 is 13.9 Å². The third kappa shape index (κ3) is 5.33. The van der Waals surface area contributed by atoms with Gasteiger partial charge in [0, 0.05) is 50.5 Å². The van der Waals surface area contributed by atoms with Crippen molar-refractivity contribution in [3.05, 3.63) is 29.6 Å². The van der Waals surface area contributed by atoms with Crippen molar-refractivity contribution in [1.82, 2.24) is 9.80 Å². The van der Waals surface area contributed by atoms with Crippen molar-refractivity contribution >= 4 is 11.8 Å². The number of amides is 1. The normalized spacial score (nSPS) is 19.0. The first-order valence-corrected chi connectivity index (χ1v) is 8.91. The van der Waals surface area contributed by atoms with Gasteiger partial charge in [0.25, 0.3) is 0 Å². The maximum atomic E-state index is 14.2. The van der Waals surface area contributed by atoms with Crippen molar-refractivity contribution in [2.75, 3.05) is 32.0 Å². The third-order valence-corrected chi connectivity index (χ3v) is 4.40. The number of halogens is 1. The van der Waals surface area contributed by atoms with E-state index in [4.69, 9.17) is 4.74 Å². The van der Waals surface area contributed by atoms with E-state index in [9.17, 15) is 9.18 Å². The molecular weight excluding hydrogens is 321 g/mol. The zero-order valence-corrected chi connectivity index (χ0v) is 15.9. The predicted molar refractivity (Wildman–Crippen MR) is 98.2 cm³/mol. The summed E-state index contributed by atoms with van der Waals surface area (Å²) in [6.07, 6.45) is 0.584. The van der Waals surface area contributed by atoms with Crippen LogP contribution in [-0.2, 0) is 11.3 Å². The fraction of sp³-hybridized carbons (Fsp3) is 0.632. The van der Waals surface area contributed by atoms with Gasteiger partial charge in [0.05, 0.1) is 0 Å². The van der Waals surface area contributed by atoms with Crippen LogP contribution < -0.4 is 5.32 Å². The summed E-state index contributed by atoms with van der Waals surface area (Å²) in [5.41, 5.74) is 0.951. The minimum atomic E-state index is -0.495. The van der Waals surface area contributed by atoms with Crippen LogP contribution in [0.2, 0.25) is 0 Å². The lowest BCUT2D eigenvalue weighted by molar-refractivity contribution is -0.00313. The number of hydrogen-bond acceptors (Lipinski definition) is 4. The van der Waals surface area contributed by atoms with E-state index >= 15 is 0 Å². The summed E-state index contributed by atoms with van der Waals surface area (Å²) in [5.74, 6) is -0.200. The number of anilines is 1. The lowest BCUT2D eigenvalue weighted by atomic mass is 10.1. The summed E-state index contributed by atoms with van der Waals surface area (Å²) in [7, 11) is 1.77. The smallest absolute Gasteiger partial charge is 0.410 e. The number of nitrogens with zero attached hydrogens (tertiary/aromatic N) is 2. The number of ether oxygens (including phenoxy) is 1. The van der Waals surface area contributed by atoms with Gasteiger partial charge in [-0.2, -0.15) is 0 Å². The minimum Gasteiger partial charge on any atom is -0.444 e. The number of carbonyl (C=O) groups is 1. The van der Waals surface area contributed by atoms with Crippen LogP contribution in [-0.4, -0.2) is 54.2 Å². The van der Waals surface area contributed by atoms with Gasteiger partial charge >= 0.3 is 6.09 Å². The summed E-state index contributed by atoms with van der Waals surface area (Å²) in [4.78, 5) is 16.4. The zero-order chi connectivity index (χ0) is 18.6. The van der Waals surface area contributed by atoms with Crippen molar-refractivity contribution in [3.8, 4) is 0 Å². The Morgan fingerprint density at radius 2 is 2.08 bits per heavy atom. The summed E-state index contributed by atoms with van der Waals surface area (Å²) < 4.78 is 19.7. The van der Waals surface area contributed by atoms with Gasteiger partial charge in [0.2, 0.25) is 0 Å². The molecule has 1 aromatic carbocycles. The van der Waals surface area contributed by atoms with Crippen LogP contribution in [0.3, 0.4) is 0 Å². The molecule has 1 atom stereocenters. The summed E-state index contributed by atoms with van der Waals surface area (Å²) in [5, 5.41) is 2.94. The van der Waals surface area contributed by atoms with Crippen LogP contribution in [0.1, 0.15) is 39.7 Å². The molecule has 0 bridgehead atoms. The average Bonchev–Trinajstić information content (AvgIpc) is 2.54. The first-order valence-electron chi connectivity index (χ1n) is 8.91. The highest BCUT2D eigenvalue weighted by Crippen LogP contribution is 2.21. The Labute approximate surface area is 150 Å². The SMILES string of the molecule is CC[C@H]1CN(Cc2ccc(NC)cc2F)CCN1C(=O)OC(C)(C)C. The quantitative estimate of drug-likeness (QED) is 0.898. The Hall–Kier alpha value is -1.82. The van der Waals surface area contributed by atoms with Gasteiger partial charge in [0.15, 0.2) is 0 Å². The topological polar surface area (TPSA) is 44.8 Å². The molecule has 0 saturated carbocycles. The highest BCUT2D eigenvalue weighted by atomic mass is 19.1. The first-order chi connectivity index (χ1) is 11.7. The standard InChI is InChI=1S/C19H30FN3O2/c1-6-16-13-22(9-10-23(16)18(24)25-19(2,3)4)12-14-7-8-15(21-5)11-17(14)20/h7-8,11,16,21H,6,9-10,12-13H2,1-5H3/t16-/m0/s1. The molecule has 1 heterocycles. The summed E-state index contributed by atoms with van der Waals surface area (Å²) in [6, 6.07) is 5.31. The van der Waals surface area contributed by atoms with Crippen molar-refractivity contribution in [2.45, 2.75) is 52.3 Å². The second-order valence-electron chi connectivity index (χ2n) is 7.53. The zero-order valence-electron chi connectivity index (χ0n) is 15.9. The van der Waals surface area contributed by atoms with E-state index in [0.717, 1.165) is 18.7 Å². The Bertz CT molecular complexity index is 601. The van der Waals surface area contributed by atoms with Crippen molar-refractivity contribution in [3.63, 3.8) is 0 Å². The summed E-state index contributed by atoms with van der Waals surface area (Å²) in [6.45, 7) is 10.3. The van der Waals surface area contributed by atoms with Crippen LogP contribution in [0.15, 0.2) is 18.2 Å². The average molecular weight is 351 g/mol. The van der Waals surface area contributed by atoms with Gasteiger partial charge < -0.3 is 15.0 Å². The molecule has 6 heteroatoms. The number of benzene rings is 1. The monoisotopic (exact) mass is 351 g/mol. The van der Waals surface area contributed by atoms with Crippen molar-refractivity contribution in [2.24, 2.45) is 0 Å². The van der Waals surface area contributed by atoms with Crippen LogP contribution >= 0.6 is 0 Å². The molecule has 1 fully saturated rings. The molecule has 0 spiro atoms. The molecule has 1 amide bonds. The molecule has 1 N–H and O–H groups in total. The lowest BCUT2D eigenvalue weighted by Gasteiger charge is -2.41. The van der Waals surface area contributed by atoms with Crippen LogP contribution in [0.25, 0.3) is 0 Å². The molecule has 1 aliphatic heterocycles. The van der Waals surface area contributed by atoms with E-state index < -0.39 is 5.60 Å². The van der Waals surface area contributed by atoms with E-state index in [1.165, 1.54) is 6.07 Å². The predicted octanol–water partition coefficient (Wildman–Crippen LogP) is 3.70. The van der Waals surface area contributed by atoms with Crippen molar-refractivity contribution in [1.29, 1.82) is 0 Å². The fourth-order valence-electron chi connectivity index (χ4n) is 3.05. The Balaban J connectivity index is 2.00. The molecule has 140 valence electrons. The van der Waals surface area contributed by atoms with Crippen LogP contribution in [0, 0.1) is 5.82 Å². The second-order valence-corrected chi connectivity index (χ2v) is 7.53. The largest absolute Gasteiger partial charge is 0.444 e. The van der Waals surface area contributed by atoms with E-state index in [1.54, 1.807) is 7.05 Å². The molecule has 25 heavy (non-hydrogen) atoms. The van der Waals surface area contributed by atoms with E-state index in [2.05, 4.69) is 17.1 Å². The molecule has 1 saturated heterocycles. The number of carbonyl (C=O) groups excluding carboxylic acids is 1. The lowest BCUT2D eigenvalue weighted by Crippen LogP contribution is -2.55. The molecule has 1 aromatic rings. The molecule has 1 aliphatic rings. The van der Waals surface area contributed by atoms with Gasteiger partial charge in [-0.15, -0.1) is 0 Å². The molecule has 5 nitrogen and oxygen atoms in total. The Morgan fingerprint density at radius 3 is 2.64 bits per heavy atom. The highest BCUT2D eigenvalue weighted by molar-refractivity contribution is 5.68. The Morgan fingerprint density at radius 1 is 1.36 bits per heavy atom. The number of rotatable bonds is 4. The molecule has 0 aliphatic carbocycles. The fourth-order valence-corrected chi connectivity index (χ4v) is 3.05. The minimum absolute atomic E-state index is 0.0863. The number of nitrogens with one attached hydrogen (secondary N) is 1. The van der Waals surface area contributed by atoms with Gasteiger partial charge in [-0.1, -0.05) is 13.0 Å². The summed E-state index contributed by atoms with van der Waals surface area (Å²) >= 11 is 0. The van der Waals surface area contributed by atoms with E-state index in [-0.39, 0.29) is 18.0 Å².